The molecule has 0 aliphatic rings. The van der Waals surface area contributed by atoms with E-state index >= 15 is 0 Å². The van der Waals surface area contributed by atoms with Crippen molar-refractivity contribution >= 4 is 21.8 Å². The van der Waals surface area contributed by atoms with Gasteiger partial charge in [-0.1, -0.05) is 15.9 Å². The van der Waals surface area contributed by atoms with Crippen LogP contribution in [-0.4, -0.2) is 36.0 Å². The van der Waals surface area contributed by atoms with E-state index in [9.17, 15) is 9.18 Å². The number of methoxy groups -OCH3 is 1. The number of aromatic nitrogens is 1. The number of pyridine rings is 1. The van der Waals surface area contributed by atoms with Crippen LogP contribution in [0, 0.1) is 5.82 Å². The van der Waals surface area contributed by atoms with Crippen LogP contribution in [0.2, 0.25) is 0 Å². The van der Waals surface area contributed by atoms with E-state index in [4.69, 9.17) is 4.74 Å². The molecule has 0 aromatic carbocycles. The Morgan fingerprint density at radius 3 is 3.00 bits per heavy atom. The van der Waals surface area contributed by atoms with Gasteiger partial charge in [0.15, 0.2) is 0 Å². The second kappa shape index (κ2) is 7.34. The van der Waals surface area contributed by atoms with Crippen LogP contribution in [0.4, 0.5) is 4.39 Å². The summed E-state index contributed by atoms with van der Waals surface area (Å²) < 4.78 is 17.5. The zero-order valence-corrected chi connectivity index (χ0v) is 11.0. The summed E-state index contributed by atoms with van der Waals surface area (Å²) in [4.78, 5) is 15.4. The van der Waals surface area contributed by atoms with Crippen LogP contribution in [0.25, 0.3) is 0 Å². The highest BCUT2D eigenvalue weighted by Crippen LogP contribution is 2.04. The summed E-state index contributed by atoms with van der Waals surface area (Å²) in [6.07, 6.45) is 1.77. The molecular weight excluding hydrogens is 291 g/mol. The fraction of sp³-hybridized carbons (Fsp3) is 0.455. The van der Waals surface area contributed by atoms with Gasteiger partial charge >= 0.3 is 0 Å². The molecule has 0 radical (unpaired) electrons. The summed E-state index contributed by atoms with van der Waals surface area (Å²) in [6.45, 7) is 1.10. The molecule has 1 heterocycles. The standard InChI is InChI=1S/C11H14BrFN2O2/c1-17-7-8(12)4-5-14-11(16)10-3-2-9(13)6-15-10/h2-3,6,8H,4-5,7H2,1H3,(H,14,16). The fourth-order valence-corrected chi connectivity index (χ4v) is 1.70. The Hall–Kier alpha value is -1.01. The average molecular weight is 305 g/mol. The lowest BCUT2D eigenvalue weighted by atomic mass is 10.3. The molecule has 4 nitrogen and oxygen atoms in total. The maximum atomic E-state index is 12.6. The van der Waals surface area contributed by atoms with E-state index in [1.165, 1.54) is 12.1 Å². The lowest BCUT2D eigenvalue weighted by molar-refractivity contribution is 0.0947. The monoisotopic (exact) mass is 304 g/mol. The number of nitrogens with zero attached hydrogens (tertiary/aromatic N) is 1. The van der Waals surface area contributed by atoms with E-state index in [0.29, 0.717) is 13.2 Å². The highest BCUT2D eigenvalue weighted by molar-refractivity contribution is 9.09. The van der Waals surface area contributed by atoms with Crippen molar-refractivity contribution in [1.82, 2.24) is 10.3 Å². The molecule has 0 aliphatic heterocycles. The van der Waals surface area contributed by atoms with Crippen molar-refractivity contribution in [3.8, 4) is 0 Å². The van der Waals surface area contributed by atoms with Crippen molar-refractivity contribution in [2.75, 3.05) is 20.3 Å². The van der Waals surface area contributed by atoms with Crippen molar-refractivity contribution in [2.24, 2.45) is 0 Å². The number of carbonyl (C=O) groups excluding carboxylic acids is 1. The van der Waals surface area contributed by atoms with Crippen LogP contribution in [0.15, 0.2) is 18.3 Å². The van der Waals surface area contributed by atoms with E-state index in [1.54, 1.807) is 7.11 Å². The molecule has 1 rings (SSSR count). The lowest BCUT2D eigenvalue weighted by Crippen LogP contribution is -2.27. The van der Waals surface area contributed by atoms with Crippen LogP contribution >= 0.6 is 15.9 Å². The van der Waals surface area contributed by atoms with E-state index < -0.39 is 5.82 Å². The van der Waals surface area contributed by atoms with Gasteiger partial charge in [-0.2, -0.15) is 0 Å². The highest BCUT2D eigenvalue weighted by atomic mass is 79.9. The minimum Gasteiger partial charge on any atom is -0.384 e. The van der Waals surface area contributed by atoms with Gasteiger partial charge in [-0.05, 0) is 18.6 Å². The van der Waals surface area contributed by atoms with Gasteiger partial charge in [0.2, 0.25) is 0 Å². The molecule has 0 spiro atoms. The minimum absolute atomic E-state index is 0.203. The molecule has 17 heavy (non-hydrogen) atoms. The third-order valence-electron chi connectivity index (χ3n) is 2.05. The smallest absolute Gasteiger partial charge is 0.269 e. The van der Waals surface area contributed by atoms with E-state index in [2.05, 4.69) is 26.2 Å². The summed E-state index contributed by atoms with van der Waals surface area (Å²) in [7, 11) is 1.62. The summed E-state index contributed by atoms with van der Waals surface area (Å²) in [6, 6.07) is 2.56. The molecule has 1 atom stereocenters. The number of ether oxygens (including phenoxy) is 1. The van der Waals surface area contributed by atoms with Crippen LogP contribution in [0.5, 0.6) is 0 Å². The topological polar surface area (TPSA) is 51.2 Å². The van der Waals surface area contributed by atoms with Crippen molar-refractivity contribution in [3.05, 3.63) is 29.8 Å². The van der Waals surface area contributed by atoms with E-state index in [0.717, 1.165) is 12.6 Å². The molecule has 0 fully saturated rings. The first-order valence-electron chi connectivity index (χ1n) is 5.16. The summed E-state index contributed by atoms with van der Waals surface area (Å²) in [5.41, 5.74) is 0.212. The third-order valence-corrected chi connectivity index (χ3v) is 2.77. The average Bonchev–Trinajstić information content (AvgIpc) is 2.30. The quantitative estimate of drug-likeness (QED) is 0.815. The number of hydrogen-bond donors (Lipinski definition) is 1. The molecule has 0 aliphatic carbocycles. The zero-order chi connectivity index (χ0) is 12.7. The lowest BCUT2D eigenvalue weighted by Gasteiger charge is -2.09. The second-order valence-corrected chi connectivity index (χ2v) is 4.75. The van der Waals surface area contributed by atoms with E-state index in [1.807, 2.05) is 0 Å². The van der Waals surface area contributed by atoms with Crippen LogP contribution in [0.3, 0.4) is 0 Å². The molecule has 1 unspecified atom stereocenters. The normalized spacial score (nSPS) is 12.2. The van der Waals surface area contributed by atoms with Gasteiger partial charge in [0.1, 0.15) is 11.5 Å². The molecule has 1 aromatic rings. The van der Waals surface area contributed by atoms with Gasteiger partial charge < -0.3 is 10.1 Å². The van der Waals surface area contributed by atoms with Crippen LogP contribution < -0.4 is 5.32 Å². The van der Waals surface area contributed by atoms with Crippen LogP contribution in [-0.2, 0) is 4.74 Å². The maximum Gasteiger partial charge on any atom is 0.269 e. The number of carbonyl (C=O) groups is 1. The number of hydrogen-bond acceptors (Lipinski definition) is 3. The van der Waals surface area contributed by atoms with Gasteiger partial charge in [-0.15, -0.1) is 0 Å². The van der Waals surface area contributed by atoms with Gasteiger partial charge in [0.05, 0.1) is 12.8 Å². The molecule has 1 N–H and O–H groups in total. The molecule has 1 amide bonds. The van der Waals surface area contributed by atoms with Gasteiger partial charge in [0.25, 0.3) is 5.91 Å². The molecule has 1 aromatic heterocycles. The van der Waals surface area contributed by atoms with Crippen molar-refractivity contribution in [3.63, 3.8) is 0 Å². The number of alkyl halides is 1. The summed E-state index contributed by atoms with van der Waals surface area (Å²) >= 11 is 3.41. The minimum atomic E-state index is -0.456. The van der Waals surface area contributed by atoms with Crippen molar-refractivity contribution in [2.45, 2.75) is 11.2 Å². The number of nitrogens with one attached hydrogen (secondary N) is 1. The Labute approximate surface area is 108 Å². The molecule has 0 bridgehead atoms. The largest absolute Gasteiger partial charge is 0.384 e. The van der Waals surface area contributed by atoms with Crippen LogP contribution in [0.1, 0.15) is 16.9 Å². The first kappa shape index (κ1) is 14.1. The molecule has 6 heteroatoms. The third kappa shape index (κ3) is 5.23. The highest BCUT2D eigenvalue weighted by Gasteiger charge is 2.08. The van der Waals surface area contributed by atoms with Gasteiger partial charge in [-0.25, -0.2) is 9.37 Å². The molecular formula is C11H14BrFN2O2. The Balaban J connectivity index is 2.32. The number of halogens is 2. The predicted molar refractivity (Wildman–Crippen MR) is 65.7 cm³/mol. The number of rotatable bonds is 6. The molecule has 0 saturated heterocycles. The SMILES string of the molecule is COCC(Br)CCNC(=O)c1ccc(F)cn1. The Bertz CT molecular complexity index is 359. The van der Waals surface area contributed by atoms with E-state index in [-0.39, 0.29) is 16.4 Å². The molecule has 94 valence electrons. The number of amides is 1. The Kier molecular flexibility index (Phi) is 6.07. The maximum absolute atomic E-state index is 12.6. The molecule has 0 saturated carbocycles. The van der Waals surface area contributed by atoms with Gasteiger partial charge in [0, 0.05) is 18.5 Å². The summed E-state index contributed by atoms with van der Waals surface area (Å²) in [5.74, 6) is -0.760. The zero-order valence-electron chi connectivity index (χ0n) is 9.45. The second-order valence-electron chi connectivity index (χ2n) is 3.46. The Morgan fingerprint density at radius 1 is 1.65 bits per heavy atom. The first-order chi connectivity index (χ1) is 8.13. The van der Waals surface area contributed by atoms with Crippen molar-refractivity contribution in [1.29, 1.82) is 0 Å². The summed E-state index contributed by atoms with van der Waals surface area (Å²) in [5, 5.41) is 2.70. The first-order valence-corrected chi connectivity index (χ1v) is 6.08. The van der Waals surface area contributed by atoms with Crippen molar-refractivity contribution < 1.29 is 13.9 Å². The fourth-order valence-electron chi connectivity index (χ4n) is 1.21. The predicted octanol–water partition coefficient (Wildman–Crippen LogP) is 1.75. The van der Waals surface area contributed by atoms with Gasteiger partial charge in [-0.3, -0.25) is 4.79 Å². The Morgan fingerprint density at radius 2 is 2.41 bits per heavy atom.